The molecule has 0 radical (unpaired) electrons. The summed E-state index contributed by atoms with van der Waals surface area (Å²) < 4.78 is 28.1. The summed E-state index contributed by atoms with van der Waals surface area (Å²) in [4.78, 5) is 2.78. The SMILES string of the molecule is Cc1ccc([C@H](c2ccccc2)N2CCN(S(=O)(=O)c3ccc(C(C)C)cc3)CC2)cc1. The summed E-state index contributed by atoms with van der Waals surface area (Å²) in [6, 6.07) is 26.6. The van der Waals surface area contributed by atoms with Gasteiger partial charge in [-0.2, -0.15) is 4.31 Å². The van der Waals surface area contributed by atoms with E-state index in [0.717, 1.165) is 5.56 Å². The van der Waals surface area contributed by atoms with E-state index in [4.69, 9.17) is 0 Å². The van der Waals surface area contributed by atoms with Crippen molar-refractivity contribution in [1.82, 2.24) is 9.21 Å². The molecule has 1 atom stereocenters. The van der Waals surface area contributed by atoms with E-state index in [2.05, 4.69) is 74.2 Å². The minimum atomic E-state index is -3.48. The van der Waals surface area contributed by atoms with Crippen LogP contribution in [0.2, 0.25) is 0 Å². The third-order valence-electron chi connectivity index (χ3n) is 6.33. The number of hydrogen-bond acceptors (Lipinski definition) is 3. The maximum Gasteiger partial charge on any atom is 0.243 e. The molecule has 0 unspecified atom stereocenters. The molecule has 1 saturated heterocycles. The molecule has 0 amide bonds. The van der Waals surface area contributed by atoms with Gasteiger partial charge in [0, 0.05) is 26.2 Å². The van der Waals surface area contributed by atoms with E-state index in [-0.39, 0.29) is 6.04 Å². The molecule has 1 heterocycles. The molecule has 0 aliphatic carbocycles. The van der Waals surface area contributed by atoms with Gasteiger partial charge in [0.05, 0.1) is 10.9 Å². The van der Waals surface area contributed by atoms with Crippen molar-refractivity contribution in [2.24, 2.45) is 0 Å². The number of rotatable bonds is 6. The van der Waals surface area contributed by atoms with Gasteiger partial charge < -0.3 is 0 Å². The van der Waals surface area contributed by atoms with Crippen molar-refractivity contribution < 1.29 is 8.42 Å². The van der Waals surface area contributed by atoms with Crippen LogP contribution in [0.5, 0.6) is 0 Å². The highest BCUT2D eigenvalue weighted by Gasteiger charge is 2.32. The predicted molar refractivity (Wildman–Crippen MR) is 130 cm³/mol. The van der Waals surface area contributed by atoms with Crippen molar-refractivity contribution in [1.29, 1.82) is 0 Å². The van der Waals surface area contributed by atoms with Crippen LogP contribution in [0.1, 0.15) is 48.1 Å². The highest BCUT2D eigenvalue weighted by molar-refractivity contribution is 7.89. The average Bonchev–Trinajstić information content (AvgIpc) is 2.81. The Morgan fingerprint density at radius 1 is 0.688 bits per heavy atom. The zero-order chi connectivity index (χ0) is 22.7. The van der Waals surface area contributed by atoms with Gasteiger partial charge in [-0.25, -0.2) is 8.42 Å². The number of piperazine rings is 1. The number of aryl methyl sites for hydroxylation is 1. The Bertz CT molecular complexity index is 1120. The monoisotopic (exact) mass is 448 g/mol. The maximum absolute atomic E-state index is 13.2. The maximum atomic E-state index is 13.2. The molecule has 1 aliphatic heterocycles. The Morgan fingerprint density at radius 3 is 1.78 bits per heavy atom. The van der Waals surface area contributed by atoms with Gasteiger partial charge in [-0.3, -0.25) is 4.90 Å². The van der Waals surface area contributed by atoms with Crippen LogP contribution >= 0.6 is 0 Å². The first-order valence-corrected chi connectivity index (χ1v) is 12.8. The Morgan fingerprint density at radius 2 is 1.22 bits per heavy atom. The highest BCUT2D eigenvalue weighted by Crippen LogP contribution is 2.31. The molecule has 0 N–H and O–H groups in total. The van der Waals surface area contributed by atoms with Crippen molar-refractivity contribution in [3.05, 3.63) is 101 Å². The second-order valence-corrected chi connectivity index (χ2v) is 10.8. The van der Waals surface area contributed by atoms with Crippen LogP contribution in [0.4, 0.5) is 0 Å². The standard InChI is InChI=1S/C27H32N2O2S/c1-21(2)23-13-15-26(16-14-23)32(30,31)29-19-17-28(18-20-29)27(24-7-5-4-6-8-24)25-11-9-22(3)10-12-25/h4-16,21,27H,17-20H2,1-3H3/t27-/m0/s1. The van der Waals surface area contributed by atoms with Gasteiger partial charge in [-0.15, -0.1) is 0 Å². The number of sulfonamides is 1. The van der Waals surface area contributed by atoms with Crippen LogP contribution in [0.15, 0.2) is 83.8 Å². The molecule has 3 aromatic carbocycles. The van der Waals surface area contributed by atoms with Crippen LogP contribution in [0.3, 0.4) is 0 Å². The van der Waals surface area contributed by atoms with Crippen LogP contribution in [0, 0.1) is 6.92 Å². The van der Waals surface area contributed by atoms with Crippen LogP contribution in [0.25, 0.3) is 0 Å². The number of hydrogen-bond donors (Lipinski definition) is 0. The van der Waals surface area contributed by atoms with Crippen molar-refractivity contribution >= 4 is 10.0 Å². The second-order valence-electron chi connectivity index (χ2n) is 8.89. The first-order valence-electron chi connectivity index (χ1n) is 11.3. The highest BCUT2D eigenvalue weighted by atomic mass is 32.2. The van der Waals surface area contributed by atoms with Crippen LogP contribution in [-0.4, -0.2) is 43.8 Å². The van der Waals surface area contributed by atoms with Gasteiger partial charge >= 0.3 is 0 Å². The second kappa shape index (κ2) is 9.57. The van der Waals surface area contributed by atoms with Crippen LogP contribution in [-0.2, 0) is 10.0 Å². The summed E-state index contributed by atoms with van der Waals surface area (Å²) in [6.07, 6.45) is 0. The fourth-order valence-corrected chi connectivity index (χ4v) is 5.80. The topological polar surface area (TPSA) is 40.6 Å². The largest absolute Gasteiger partial charge is 0.290 e. The third-order valence-corrected chi connectivity index (χ3v) is 8.24. The Kier molecular flexibility index (Phi) is 6.79. The Balaban J connectivity index is 1.53. The van der Waals surface area contributed by atoms with E-state index in [1.54, 1.807) is 16.4 Å². The summed E-state index contributed by atoms with van der Waals surface area (Å²) in [7, 11) is -3.48. The van der Waals surface area contributed by atoms with Crippen molar-refractivity contribution in [2.75, 3.05) is 26.2 Å². The molecule has 168 valence electrons. The fraction of sp³-hybridized carbons (Fsp3) is 0.333. The summed E-state index contributed by atoms with van der Waals surface area (Å²) >= 11 is 0. The molecule has 0 saturated carbocycles. The molecule has 0 spiro atoms. The predicted octanol–water partition coefficient (Wildman–Crippen LogP) is 5.21. The minimum absolute atomic E-state index is 0.118. The molecule has 5 heteroatoms. The van der Waals surface area contributed by atoms with E-state index in [9.17, 15) is 8.42 Å². The minimum Gasteiger partial charge on any atom is -0.290 e. The summed E-state index contributed by atoms with van der Waals surface area (Å²) in [5.41, 5.74) is 4.86. The van der Waals surface area contributed by atoms with Crippen molar-refractivity contribution in [3.8, 4) is 0 Å². The van der Waals surface area contributed by atoms with E-state index < -0.39 is 10.0 Å². The first-order chi connectivity index (χ1) is 15.4. The molecular weight excluding hydrogens is 416 g/mol. The zero-order valence-electron chi connectivity index (χ0n) is 19.1. The quantitative estimate of drug-likeness (QED) is 0.519. The van der Waals surface area contributed by atoms with E-state index in [1.807, 2.05) is 18.2 Å². The fourth-order valence-electron chi connectivity index (χ4n) is 4.37. The zero-order valence-corrected chi connectivity index (χ0v) is 19.9. The lowest BCUT2D eigenvalue weighted by Crippen LogP contribution is -2.49. The van der Waals surface area contributed by atoms with Crippen LogP contribution < -0.4 is 0 Å². The molecule has 1 fully saturated rings. The molecule has 4 rings (SSSR count). The number of nitrogens with zero attached hydrogens (tertiary/aromatic N) is 2. The van der Waals surface area contributed by atoms with Gasteiger partial charge in [-0.05, 0) is 41.7 Å². The molecule has 32 heavy (non-hydrogen) atoms. The average molecular weight is 449 g/mol. The molecule has 3 aromatic rings. The van der Waals surface area contributed by atoms with E-state index in [1.165, 1.54) is 16.7 Å². The van der Waals surface area contributed by atoms with Gasteiger partial charge in [0.25, 0.3) is 0 Å². The lowest BCUT2D eigenvalue weighted by atomic mass is 9.96. The van der Waals surface area contributed by atoms with Gasteiger partial charge in [0.2, 0.25) is 10.0 Å². The van der Waals surface area contributed by atoms with E-state index in [0.29, 0.717) is 37.0 Å². The van der Waals surface area contributed by atoms with Crippen molar-refractivity contribution in [3.63, 3.8) is 0 Å². The summed E-state index contributed by atoms with van der Waals surface area (Å²) in [6.45, 7) is 8.68. The summed E-state index contributed by atoms with van der Waals surface area (Å²) in [5, 5.41) is 0. The Hall–Kier alpha value is -2.47. The molecule has 4 nitrogen and oxygen atoms in total. The third kappa shape index (κ3) is 4.80. The number of benzene rings is 3. The van der Waals surface area contributed by atoms with Gasteiger partial charge in [0.15, 0.2) is 0 Å². The smallest absolute Gasteiger partial charge is 0.243 e. The molecule has 0 aromatic heterocycles. The lowest BCUT2D eigenvalue weighted by Gasteiger charge is -2.39. The molecule has 1 aliphatic rings. The van der Waals surface area contributed by atoms with Gasteiger partial charge in [0.1, 0.15) is 0 Å². The normalized spacial score (nSPS) is 16.9. The van der Waals surface area contributed by atoms with Gasteiger partial charge in [-0.1, -0.05) is 86.1 Å². The Labute approximate surface area is 192 Å². The molecule has 0 bridgehead atoms. The molecular formula is C27H32N2O2S. The summed E-state index contributed by atoms with van der Waals surface area (Å²) in [5.74, 6) is 0.381. The van der Waals surface area contributed by atoms with Crippen molar-refractivity contribution in [2.45, 2.75) is 37.6 Å². The lowest BCUT2D eigenvalue weighted by molar-refractivity contribution is 0.156. The van der Waals surface area contributed by atoms with E-state index >= 15 is 0 Å². The first kappa shape index (κ1) is 22.7.